The van der Waals surface area contributed by atoms with Crippen LogP contribution in [-0.2, 0) is 4.74 Å². The molecule has 128 valence electrons. The molecule has 2 aliphatic rings. The van der Waals surface area contributed by atoms with E-state index >= 15 is 0 Å². The molecule has 0 saturated carbocycles. The van der Waals surface area contributed by atoms with Crippen LogP contribution in [0.2, 0.25) is 0 Å². The van der Waals surface area contributed by atoms with Gasteiger partial charge >= 0.3 is 0 Å². The number of guanidine groups is 1. The van der Waals surface area contributed by atoms with E-state index in [-0.39, 0.29) is 24.0 Å². The van der Waals surface area contributed by atoms with Gasteiger partial charge in [0.05, 0.1) is 19.8 Å². The molecule has 23 heavy (non-hydrogen) atoms. The van der Waals surface area contributed by atoms with E-state index < -0.39 is 0 Å². The Morgan fingerprint density at radius 3 is 2.78 bits per heavy atom. The summed E-state index contributed by atoms with van der Waals surface area (Å²) in [6, 6.07) is 5.71. The third-order valence-corrected chi connectivity index (χ3v) is 3.79. The average molecular weight is 433 g/mol. The van der Waals surface area contributed by atoms with Crippen LogP contribution in [0, 0.1) is 5.92 Å². The Hall–Kier alpha value is -1.22. The normalized spacial score (nSPS) is 21.0. The first-order chi connectivity index (χ1) is 10.8. The highest BCUT2D eigenvalue weighted by Crippen LogP contribution is 2.32. The van der Waals surface area contributed by atoms with E-state index in [2.05, 4.69) is 10.3 Å². The predicted molar refractivity (Wildman–Crippen MR) is 101 cm³/mol. The minimum atomic E-state index is 0. The Morgan fingerprint density at radius 2 is 2.00 bits per heavy atom. The topological polar surface area (TPSA) is 78.1 Å². The molecule has 0 bridgehead atoms. The molecule has 1 unspecified atom stereocenters. The van der Waals surface area contributed by atoms with E-state index in [1.807, 2.05) is 18.2 Å². The van der Waals surface area contributed by atoms with Crippen LogP contribution < -0.4 is 20.5 Å². The molecule has 1 saturated heterocycles. The van der Waals surface area contributed by atoms with Crippen LogP contribution in [0.25, 0.3) is 0 Å². The van der Waals surface area contributed by atoms with Crippen LogP contribution in [0.4, 0.5) is 5.69 Å². The molecule has 3 N–H and O–H groups in total. The first kappa shape index (κ1) is 18.1. The van der Waals surface area contributed by atoms with Gasteiger partial charge in [0, 0.05) is 37.2 Å². The van der Waals surface area contributed by atoms with Gasteiger partial charge in [-0.15, -0.1) is 24.0 Å². The maximum absolute atomic E-state index is 5.96. The summed E-state index contributed by atoms with van der Waals surface area (Å²) >= 11 is 0. The van der Waals surface area contributed by atoms with E-state index in [9.17, 15) is 0 Å². The number of ether oxygens (including phenoxy) is 3. The molecule has 3 rings (SSSR count). The summed E-state index contributed by atoms with van der Waals surface area (Å²) in [5.41, 5.74) is 6.81. The van der Waals surface area contributed by atoms with Crippen molar-refractivity contribution >= 4 is 35.6 Å². The van der Waals surface area contributed by atoms with Crippen molar-refractivity contribution in [1.29, 1.82) is 0 Å². The van der Waals surface area contributed by atoms with E-state index in [1.165, 1.54) is 0 Å². The lowest BCUT2D eigenvalue weighted by molar-refractivity contribution is 0.0582. The summed E-state index contributed by atoms with van der Waals surface area (Å²) in [5, 5.41) is 3.10. The Bertz CT molecular complexity index is 533. The molecular formula is C16H24IN3O3. The fourth-order valence-electron chi connectivity index (χ4n) is 2.61. The van der Waals surface area contributed by atoms with Crippen LogP contribution in [0.1, 0.15) is 19.3 Å². The fraction of sp³-hybridized carbons (Fsp3) is 0.562. The Morgan fingerprint density at radius 1 is 1.17 bits per heavy atom. The van der Waals surface area contributed by atoms with Crippen molar-refractivity contribution in [2.45, 2.75) is 19.3 Å². The van der Waals surface area contributed by atoms with Gasteiger partial charge in [-0.3, -0.25) is 4.99 Å². The lowest BCUT2D eigenvalue weighted by Crippen LogP contribution is -2.26. The van der Waals surface area contributed by atoms with Gasteiger partial charge in [-0.05, 0) is 25.0 Å². The molecule has 6 nitrogen and oxygen atoms in total. The lowest BCUT2D eigenvalue weighted by atomic mass is 10.0. The summed E-state index contributed by atoms with van der Waals surface area (Å²) in [5.74, 6) is 2.41. The Balaban J connectivity index is 0.00000192. The summed E-state index contributed by atoms with van der Waals surface area (Å²) in [6.07, 6.45) is 3.15. The molecule has 2 heterocycles. The average Bonchev–Trinajstić information content (AvgIpc) is 2.79. The number of aliphatic imine (C=N–C) groups is 1. The van der Waals surface area contributed by atoms with Gasteiger partial charge in [0.1, 0.15) is 0 Å². The summed E-state index contributed by atoms with van der Waals surface area (Å²) in [4.78, 5) is 4.40. The third-order valence-electron chi connectivity index (χ3n) is 3.79. The van der Waals surface area contributed by atoms with Crippen molar-refractivity contribution in [1.82, 2.24) is 0 Å². The number of nitrogens with two attached hydrogens (primary N) is 1. The summed E-state index contributed by atoms with van der Waals surface area (Å²) < 4.78 is 16.7. The number of benzene rings is 1. The number of hydrogen-bond donors (Lipinski definition) is 2. The zero-order valence-electron chi connectivity index (χ0n) is 13.1. The van der Waals surface area contributed by atoms with Crippen molar-refractivity contribution in [3.8, 4) is 11.5 Å². The molecule has 0 radical (unpaired) electrons. The zero-order valence-corrected chi connectivity index (χ0v) is 15.5. The van der Waals surface area contributed by atoms with Gasteiger partial charge < -0.3 is 25.3 Å². The van der Waals surface area contributed by atoms with Gasteiger partial charge in [-0.2, -0.15) is 0 Å². The van der Waals surface area contributed by atoms with Crippen LogP contribution in [0.5, 0.6) is 11.5 Å². The lowest BCUT2D eigenvalue weighted by Gasteiger charge is -2.20. The number of rotatable bonds is 3. The van der Waals surface area contributed by atoms with Crippen molar-refractivity contribution in [2.75, 3.05) is 38.3 Å². The largest absolute Gasteiger partial charge is 0.490 e. The van der Waals surface area contributed by atoms with E-state index in [0.717, 1.165) is 49.7 Å². The molecule has 0 spiro atoms. The molecule has 1 aromatic rings. The van der Waals surface area contributed by atoms with Gasteiger partial charge in [0.15, 0.2) is 17.5 Å². The molecule has 1 atom stereocenters. The first-order valence-electron chi connectivity index (χ1n) is 7.85. The number of hydrogen-bond acceptors (Lipinski definition) is 4. The van der Waals surface area contributed by atoms with Crippen LogP contribution in [0.15, 0.2) is 23.2 Å². The second-order valence-electron chi connectivity index (χ2n) is 5.65. The van der Waals surface area contributed by atoms with E-state index in [4.69, 9.17) is 19.9 Å². The highest BCUT2D eigenvalue weighted by atomic mass is 127. The molecule has 0 amide bonds. The highest BCUT2D eigenvalue weighted by Gasteiger charge is 2.14. The third kappa shape index (κ3) is 5.42. The van der Waals surface area contributed by atoms with Crippen molar-refractivity contribution in [3.05, 3.63) is 18.2 Å². The number of nitrogens with zero attached hydrogens (tertiary/aromatic N) is 1. The summed E-state index contributed by atoms with van der Waals surface area (Å²) in [7, 11) is 0. The SMILES string of the molecule is I.NC(=NCC1CCCOC1)Nc1ccc2c(c1)OCCCO2. The minimum absolute atomic E-state index is 0. The maximum atomic E-state index is 5.96. The Labute approximate surface area is 153 Å². The molecule has 1 fully saturated rings. The Kier molecular flexibility index (Phi) is 7.22. The van der Waals surface area contributed by atoms with Crippen LogP contribution in [0.3, 0.4) is 0 Å². The number of fused-ring (bicyclic) bond motifs is 1. The fourth-order valence-corrected chi connectivity index (χ4v) is 2.61. The minimum Gasteiger partial charge on any atom is -0.490 e. The van der Waals surface area contributed by atoms with Gasteiger partial charge in [-0.1, -0.05) is 0 Å². The van der Waals surface area contributed by atoms with Gasteiger partial charge in [0.2, 0.25) is 0 Å². The molecule has 0 aliphatic carbocycles. The number of anilines is 1. The van der Waals surface area contributed by atoms with Gasteiger partial charge in [0.25, 0.3) is 0 Å². The highest BCUT2D eigenvalue weighted by molar-refractivity contribution is 14.0. The zero-order chi connectivity index (χ0) is 15.2. The molecule has 0 aromatic heterocycles. The summed E-state index contributed by atoms with van der Waals surface area (Å²) in [6.45, 7) is 3.70. The van der Waals surface area contributed by atoms with Crippen LogP contribution >= 0.6 is 24.0 Å². The smallest absolute Gasteiger partial charge is 0.193 e. The van der Waals surface area contributed by atoms with Crippen LogP contribution in [-0.4, -0.2) is 38.9 Å². The van der Waals surface area contributed by atoms with Crippen molar-refractivity contribution in [2.24, 2.45) is 16.6 Å². The second kappa shape index (κ2) is 9.17. The number of halogens is 1. The first-order valence-corrected chi connectivity index (χ1v) is 7.85. The standard InChI is InChI=1S/C16H23N3O3.HI/c17-16(18-10-12-3-1-6-20-11-12)19-13-4-5-14-15(9-13)22-8-2-7-21-14;/h4-5,9,12H,1-3,6-8,10-11H2,(H3,17,18,19);1H. The number of nitrogens with one attached hydrogen (secondary N) is 1. The monoisotopic (exact) mass is 433 g/mol. The second-order valence-corrected chi connectivity index (χ2v) is 5.65. The molecule has 1 aromatic carbocycles. The quantitative estimate of drug-likeness (QED) is 0.436. The molecule has 7 heteroatoms. The van der Waals surface area contributed by atoms with E-state index in [1.54, 1.807) is 0 Å². The molecular weight excluding hydrogens is 409 g/mol. The van der Waals surface area contributed by atoms with Gasteiger partial charge in [-0.25, -0.2) is 0 Å². The van der Waals surface area contributed by atoms with Crippen molar-refractivity contribution in [3.63, 3.8) is 0 Å². The van der Waals surface area contributed by atoms with Crippen molar-refractivity contribution < 1.29 is 14.2 Å². The maximum Gasteiger partial charge on any atom is 0.193 e. The predicted octanol–water partition coefficient (Wildman–Crippen LogP) is 2.62. The molecule has 2 aliphatic heterocycles. The van der Waals surface area contributed by atoms with E-state index in [0.29, 0.717) is 31.6 Å².